The summed E-state index contributed by atoms with van der Waals surface area (Å²) in [5, 5.41) is 0. The highest BCUT2D eigenvalue weighted by atomic mass is 15.3. The number of imidazole rings is 1. The van der Waals surface area contributed by atoms with Crippen LogP contribution in [0.3, 0.4) is 0 Å². The van der Waals surface area contributed by atoms with Gasteiger partial charge in [-0.05, 0) is 42.0 Å². The molecule has 4 heteroatoms. The van der Waals surface area contributed by atoms with Crippen molar-refractivity contribution in [2.24, 2.45) is 0 Å². The molecule has 0 N–H and O–H groups in total. The first kappa shape index (κ1) is 17.0. The van der Waals surface area contributed by atoms with Crippen molar-refractivity contribution >= 4 is 16.7 Å². The number of benzene rings is 3. The van der Waals surface area contributed by atoms with Crippen LogP contribution in [0, 0.1) is 0 Å². The largest absolute Gasteiger partial charge is 0.341 e. The van der Waals surface area contributed by atoms with Crippen LogP contribution < -0.4 is 4.90 Å². The minimum Gasteiger partial charge on any atom is -0.341 e. The fourth-order valence-corrected chi connectivity index (χ4v) is 4.44. The lowest BCUT2D eigenvalue weighted by Gasteiger charge is -2.40. The van der Waals surface area contributed by atoms with E-state index in [1.54, 1.807) is 0 Å². The van der Waals surface area contributed by atoms with Crippen LogP contribution in [0.1, 0.15) is 17.4 Å². The zero-order chi connectivity index (χ0) is 19.9. The summed E-state index contributed by atoms with van der Waals surface area (Å²) in [7, 11) is 0. The van der Waals surface area contributed by atoms with Crippen molar-refractivity contribution in [3.8, 4) is 11.4 Å². The number of rotatable bonds is 3. The molecule has 5 aromatic rings. The van der Waals surface area contributed by atoms with Gasteiger partial charge in [0.05, 0.1) is 16.7 Å². The van der Waals surface area contributed by atoms with Gasteiger partial charge in [-0.1, -0.05) is 60.7 Å². The normalized spacial score (nSPS) is 15.1. The Bertz CT molecular complexity index is 1330. The predicted octanol–water partition coefficient (Wildman–Crippen LogP) is 5.67. The molecule has 2 aromatic heterocycles. The lowest BCUT2D eigenvalue weighted by atomic mass is 10.0. The molecule has 6 rings (SSSR count). The molecule has 0 unspecified atom stereocenters. The molecule has 30 heavy (non-hydrogen) atoms. The number of fused-ring (bicyclic) bond motifs is 5. The average Bonchev–Trinajstić information content (AvgIpc) is 3.20. The molecule has 1 atom stereocenters. The number of anilines is 1. The van der Waals surface area contributed by atoms with Crippen LogP contribution in [0.15, 0.2) is 103 Å². The Morgan fingerprint density at radius 2 is 1.50 bits per heavy atom. The van der Waals surface area contributed by atoms with E-state index in [2.05, 4.69) is 94.4 Å². The van der Waals surface area contributed by atoms with Gasteiger partial charge in [-0.2, -0.15) is 0 Å². The quantitative estimate of drug-likeness (QED) is 0.400. The minimum atomic E-state index is -0.0799. The zero-order valence-electron chi connectivity index (χ0n) is 16.4. The Kier molecular flexibility index (Phi) is 3.88. The van der Waals surface area contributed by atoms with E-state index in [0.29, 0.717) is 0 Å². The van der Waals surface area contributed by atoms with Crippen molar-refractivity contribution < 1.29 is 0 Å². The lowest BCUT2D eigenvalue weighted by molar-refractivity contribution is 0.530. The third-order valence-electron chi connectivity index (χ3n) is 5.74. The molecule has 144 valence electrons. The van der Waals surface area contributed by atoms with E-state index in [9.17, 15) is 0 Å². The van der Waals surface area contributed by atoms with Gasteiger partial charge in [0, 0.05) is 24.0 Å². The standard InChI is InChI=1S/C26H20N4/c1-2-10-19(11-3-1)18-29-23-15-6-4-12-20(23)25-28-21-13-5-7-16-24(21)30(25)26(29)22-14-8-9-17-27-22/h1-17,26H,18H2/t26-/m1/s1. The van der Waals surface area contributed by atoms with Crippen LogP contribution in [0.4, 0.5) is 5.69 Å². The molecule has 0 amide bonds. The first-order valence-corrected chi connectivity index (χ1v) is 10.2. The van der Waals surface area contributed by atoms with Gasteiger partial charge < -0.3 is 4.90 Å². The van der Waals surface area contributed by atoms with Crippen LogP contribution in [0.2, 0.25) is 0 Å². The number of nitrogens with zero attached hydrogens (tertiary/aromatic N) is 4. The van der Waals surface area contributed by atoms with Gasteiger partial charge in [0.25, 0.3) is 0 Å². The fourth-order valence-electron chi connectivity index (χ4n) is 4.44. The third kappa shape index (κ3) is 2.61. The van der Waals surface area contributed by atoms with Gasteiger partial charge in [-0.15, -0.1) is 0 Å². The van der Waals surface area contributed by atoms with Gasteiger partial charge >= 0.3 is 0 Å². The van der Waals surface area contributed by atoms with Crippen molar-refractivity contribution in [3.05, 3.63) is 115 Å². The molecular weight excluding hydrogens is 368 g/mol. The monoisotopic (exact) mass is 388 g/mol. The van der Waals surface area contributed by atoms with E-state index in [1.807, 2.05) is 18.3 Å². The summed E-state index contributed by atoms with van der Waals surface area (Å²) in [6, 6.07) is 33.6. The summed E-state index contributed by atoms with van der Waals surface area (Å²) in [6.07, 6.45) is 1.79. The highest BCUT2D eigenvalue weighted by Gasteiger charge is 2.34. The molecule has 0 spiro atoms. The van der Waals surface area contributed by atoms with Crippen LogP contribution in [-0.4, -0.2) is 14.5 Å². The van der Waals surface area contributed by atoms with Crippen molar-refractivity contribution in [2.45, 2.75) is 12.7 Å². The average molecular weight is 388 g/mol. The second kappa shape index (κ2) is 6.85. The number of hydrogen-bond donors (Lipinski definition) is 0. The topological polar surface area (TPSA) is 34.0 Å². The molecular formula is C26H20N4. The maximum Gasteiger partial charge on any atom is 0.151 e. The smallest absolute Gasteiger partial charge is 0.151 e. The molecule has 1 aliphatic heterocycles. The van der Waals surface area contributed by atoms with Crippen LogP contribution in [0.25, 0.3) is 22.4 Å². The maximum absolute atomic E-state index is 5.02. The second-order valence-electron chi connectivity index (χ2n) is 7.55. The van der Waals surface area contributed by atoms with Crippen molar-refractivity contribution in [1.29, 1.82) is 0 Å². The highest BCUT2D eigenvalue weighted by Crippen LogP contribution is 2.44. The summed E-state index contributed by atoms with van der Waals surface area (Å²) >= 11 is 0. The molecule has 4 nitrogen and oxygen atoms in total. The van der Waals surface area contributed by atoms with E-state index in [1.165, 1.54) is 11.3 Å². The van der Waals surface area contributed by atoms with Crippen molar-refractivity contribution in [3.63, 3.8) is 0 Å². The van der Waals surface area contributed by atoms with Gasteiger partial charge in [-0.3, -0.25) is 9.55 Å². The van der Waals surface area contributed by atoms with Crippen LogP contribution in [-0.2, 0) is 6.54 Å². The number of para-hydroxylation sites is 3. The molecule has 0 aliphatic carbocycles. The van der Waals surface area contributed by atoms with Crippen LogP contribution >= 0.6 is 0 Å². The molecule has 0 saturated carbocycles. The molecule has 1 aliphatic rings. The first-order chi connectivity index (χ1) is 14.9. The molecule has 3 heterocycles. The van der Waals surface area contributed by atoms with E-state index in [4.69, 9.17) is 9.97 Å². The Morgan fingerprint density at radius 3 is 2.37 bits per heavy atom. The Morgan fingerprint density at radius 1 is 0.733 bits per heavy atom. The SMILES string of the molecule is c1ccc(CN2c3ccccc3-c3nc4ccccc4n3[C@@H]2c2ccccn2)cc1. The maximum atomic E-state index is 5.02. The first-order valence-electron chi connectivity index (χ1n) is 10.2. The summed E-state index contributed by atoms with van der Waals surface area (Å²) in [5.74, 6) is 0.992. The lowest BCUT2D eigenvalue weighted by Crippen LogP contribution is -2.37. The number of pyridine rings is 1. The van der Waals surface area contributed by atoms with E-state index < -0.39 is 0 Å². The Balaban J connectivity index is 1.65. The third-order valence-corrected chi connectivity index (χ3v) is 5.74. The van der Waals surface area contributed by atoms with Gasteiger partial charge in [0.2, 0.25) is 0 Å². The van der Waals surface area contributed by atoms with E-state index >= 15 is 0 Å². The Labute approximate surface area is 175 Å². The summed E-state index contributed by atoms with van der Waals surface area (Å²) < 4.78 is 2.34. The molecule has 0 fully saturated rings. The number of aromatic nitrogens is 3. The Hall–Kier alpha value is -3.92. The zero-order valence-corrected chi connectivity index (χ0v) is 16.4. The minimum absolute atomic E-state index is 0.0799. The van der Waals surface area contributed by atoms with Crippen LogP contribution in [0.5, 0.6) is 0 Å². The fraction of sp³-hybridized carbons (Fsp3) is 0.0769. The van der Waals surface area contributed by atoms with Crippen molar-refractivity contribution in [1.82, 2.24) is 14.5 Å². The van der Waals surface area contributed by atoms with Gasteiger partial charge in [-0.25, -0.2) is 4.98 Å². The second-order valence-corrected chi connectivity index (χ2v) is 7.55. The summed E-state index contributed by atoms with van der Waals surface area (Å²) in [5.41, 5.74) is 6.73. The van der Waals surface area contributed by atoms with Crippen molar-refractivity contribution in [2.75, 3.05) is 4.90 Å². The van der Waals surface area contributed by atoms with E-state index in [0.717, 1.165) is 34.7 Å². The molecule has 0 saturated heterocycles. The highest BCUT2D eigenvalue weighted by molar-refractivity contribution is 5.87. The number of hydrogen-bond acceptors (Lipinski definition) is 3. The predicted molar refractivity (Wildman–Crippen MR) is 120 cm³/mol. The van der Waals surface area contributed by atoms with E-state index in [-0.39, 0.29) is 6.17 Å². The molecule has 0 radical (unpaired) electrons. The summed E-state index contributed by atoms with van der Waals surface area (Å²) in [4.78, 5) is 12.2. The molecule has 0 bridgehead atoms. The van der Waals surface area contributed by atoms with Gasteiger partial charge in [0.15, 0.2) is 6.17 Å². The van der Waals surface area contributed by atoms with Gasteiger partial charge in [0.1, 0.15) is 5.82 Å². The molecule has 3 aromatic carbocycles. The summed E-state index contributed by atoms with van der Waals surface area (Å²) in [6.45, 7) is 0.783.